The Morgan fingerprint density at radius 3 is 2.65 bits per heavy atom. The van der Waals surface area contributed by atoms with E-state index in [2.05, 4.69) is 10.3 Å². The van der Waals surface area contributed by atoms with Gasteiger partial charge in [-0.3, -0.25) is 0 Å². The Labute approximate surface area is 141 Å². The Bertz CT molecular complexity index is 659. The molecule has 0 fully saturated rings. The number of hydrogen-bond acceptors (Lipinski definition) is 3. The van der Waals surface area contributed by atoms with E-state index in [4.69, 9.17) is 16.3 Å². The second-order valence-corrected chi connectivity index (χ2v) is 5.87. The molecule has 0 atom stereocenters. The van der Waals surface area contributed by atoms with Gasteiger partial charge in [0.15, 0.2) is 0 Å². The zero-order valence-electron chi connectivity index (χ0n) is 13.4. The molecule has 0 saturated heterocycles. The average molecular weight is 334 g/mol. The molecule has 1 aromatic carbocycles. The van der Waals surface area contributed by atoms with Crippen molar-refractivity contribution in [3.05, 3.63) is 53.2 Å². The highest BCUT2D eigenvalue weighted by Gasteiger charge is 2.13. The summed E-state index contributed by atoms with van der Waals surface area (Å²) in [7, 11) is 1.73. The molecule has 2 aromatic rings. The largest absolute Gasteiger partial charge is 0.473 e. The number of halogens is 1. The molecule has 122 valence electrons. The molecule has 1 N–H and O–H groups in total. The van der Waals surface area contributed by atoms with Crippen molar-refractivity contribution in [1.29, 1.82) is 0 Å². The summed E-state index contributed by atoms with van der Waals surface area (Å²) in [5, 5.41) is 3.49. The highest BCUT2D eigenvalue weighted by molar-refractivity contribution is 6.30. The molecule has 0 aliphatic rings. The predicted molar refractivity (Wildman–Crippen MR) is 91.9 cm³/mol. The van der Waals surface area contributed by atoms with Crippen molar-refractivity contribution >= 4 is 23.3 Å². The van der Waals surface area contributed by atoms with Gasteiger partial charge in [-0.25, -0.2) is 9.78 Å². The highest BCUT2D eigenvalue weighted by Crippen LogP contribution is 2.22. The Morgan fingerprint density at radius 1 is 1.30 bits per heavy atom. The minimum Gasteiger partial charge on any atom is -0.473 e. The van der Waals surface area contributed by atoms with Crippen LogP contribution in [0.15, 0.2) is 42.6 Å². The number of carbonyl (C=O) groups excluding carboxylic acids is 1. The van der Waals surface area contributed by atoms with Gasteiger partial charge in [0.05, 0.1) is 6.10 Å². The average Bonchev–Trinajstić information content (AvgIpc) is 2.51. The topological polar surface area (TPSA) is 54.5 Å². The predicted octanol–water partition coefficient (Wildman–Crippen LogP) is 4.19. The fourth-order valence-electron chi connectivity index (χ4n) is 1.95. The third-order valence-corrected chi connectivity index (χ3v) is 3.29. The number of carbonyl (C=O) groups is 1. The molecule has 5 nitrogen and oxygen atoms in total. The van der Waals surface area contributed by atoms with Gasteiger partial charge in [-0.15, -0.1) is 0 Å². The molecule has 0 aliphatic carbocycles. The lowest BCUT2D eigenvalue weighted by Gasteiger charge is -2.19. The van der Waals surface area contributed by atoms with Gasteiger partial charge in [0, 0.05) is 24.8 Å². The first kappa shape index (κ1) is 17.1. The van der Waals surface area contributed by atoms with Gasteiger partial charge in [-0.1, -0.05) is 23.7 Å². The van der Waals surface area contributed by atoms with E-state index in [1.54, 1.807) is 42.4 Å². The molecule has 0 saturated carbocycles. The number of anilines is 1. The molecule has 2 rings (SSSR count). The first-order valence-corrected chi connectivity index (χ1v) is 7.71. The van der Waals surface area contributed by atoms with Crippen LogP contribution < -0.4 is 10.1 Å². The molecule has 0 unspecified atom stereocenters. The van der Waals surface area contributed by atoms with Crippen LogP contribution in [0.2, 0.25) is 5.02 Å². The van der Waals surface area contributed by atoms with Crippen LogP contribution in [0.25, 0.3) is 0 Å². The van der Waals surface area contributed by atoms with Crippen molar-refractivity contribution in [2.45, 2.75) is 26.5 Å². The van der Waals surface area contributed by atoms with E-state index in [1.807, 2.05) is 26.0 Å². The van der Waals surface area contributed by atoms with Crippen molar-refractivity contribution < 1.29 is 9.53 Å². The SMILES string of the molecule is CC(C)Oc1ncccc1NC(=O)N(C)Cc1ccc(Cl)cc1. The van der Waals surface area contributed by atoms with Crippen LogP contribution in [0.4, 0.5) is 10.5 Å². The van der Waals surface area contributed by atoms with Crippen molar-refractivity contribution in [2.75, 3.05) is 12.4 Å². The number of nitrogens with zero attached hydrogens (tertiary/aromatic N) is 2. The number of rotatable bonds is 5. The zero-order valence-corrected chi connectivity index (χ0v) is 14.2. The Morgan fingerprint density at radius 2 is 2.00 bits per heavy atom. The maximum atomic E-state index is 12.3. The number of urea groups is 1. The van der Waals surface area contributed by atoms with Crippen molar-refractivity contribution in [3.63, 3.8) is 0 Å². The number of amides is 2. The van der Waals surface area contributed by atoms with Gasteiger partial charge in [0.1, 0.15) is 5.69 Å². The van der Waals surface area contributed by atoms with Gasteiger partial charge in [0.25, 0.3) is 0 Å². The Hall–Kier alpha value is -2.27. The van der Waals surface area contributed by atoms with Crippen LogP contribution in [-0.4, -0.2) is 29.1 Å². The fourth-order valence-corrected chi connectivity index (χ4v) is 2.08. The molecule has 0 bridgehead atoms. The lowest BCUT2D eigenvalue weighted by Crippen LogP contribution is -2.31. The summed E-state index contributed by atoms with van der Waals surface area (Å²) in [6.07, 6.45) is 1.61. The van der Waals surface area contributed by atoms with Crippen LogP contribution in [0.1, 0.15) is 19.4 Å². The molecule has 2 amide bonds. The van der Waals surface area contributed by atoms with E-state index in [0.29, 0.717) is 23.1 Å². The first-order valence-electron chi connectivity index (χ1n) is 7.34. The third-order valence-electron chi connectivity index (χ3n) is 3.04. The molecule has 0 spiro atoms. The van der Waals surface area contributed by atoms with E-state index in [1.165, 1.54) is 0 Å². The number of pyridine rings is 1. The van der Waals surface area contributed by atoms with Gasteiger partial charge in [0.2, 0.25) is 5.88 Å². The molecule has 0 radical (unpaired) electrons. The minimum absolute atomic E-state index is 0.0210. The minimum atomic E-state index is -0.235. The summed E-state index contributed by atoms with van der Waals surface area (Å²) in [5.41, 5.74) is 1.55. The lowest BCUT2D eigenvalue weighted by molar-refractivity contribution is 0.219. The normalized spacial score (nSPS) is 10.5. The molecular weight excluding hydrogens is 314 g/mol. The van der Waals surface area contributed by atoms with Gasteiger partial charge in [-0.2, -0.15) is 0 Å². The summed E-state index contributed by atoms with van der Waals surface area (Å²) in [5.74, 6) is 0.413. The zero-order chi connectivity index (χ0) is 16.8. The van der Waals surface area contributed by atoms with Crippen LogP contribution in [-0.2, 0) is 6.54 Å². The smallest absolute Gasteiger partial charge is 0.322 e. The van der Waals surface area contributed by atoms with Gasteiger partial charge < -0.3 is 15.0 Å². The molecule has 1 heterocycles. The molecule has 1 aromatic heterocycles. The lowest BCUT2D eigenvalue weighted by atomic mass is 10.2. The van der Waals surface area contributed by atoms with Crippen molar-refractivity contribution in [2.24, 2.45) is 0 Å². The van der Waals surface area contributed by atoms with Crippen LogP contribution >= 0.6 is 11.6 Å². The second kappa shape index (κ2) is 7.83. The van der Waals surface area contributed by atoms with Crippen LogP contribution in [0.3, 0.4) is 0 Å². The van der Waals surface area contributed by atoms with E-state index in [0.717, 1.165) is 5.56 Å². The maximum absolute atomic E-state index is 12.3. The Balaban J connectivity index is 2.02. The number of benzene rings is 1. The number of ether oxygens (including phenoxy) is 1. The van der Waals surface area contributed by atoms with Crippen LogP contribution in [0, 0.1) is 0 Å². The molecular formula is C17H20ClN3O2. The summed E-state index contributed by atoms with van der Waals surface area (Å²) in [4.78, 5) is 18.1. The fraction of sp³-hybridized carbons (Fsp3) is 0.294. The van der Waals surface area contributed by atoms with Gasteiger partial charge >= 0.3 is 6.03 Å². The third kappa shape index (κ3) is 5.14. The number of aromatic nitrogens is 1. The van der Waals surface area contributed by atoms with E-state index < -0.39 is 0 Å². The van der Waals surface area contributed by atoms with Crippen molar-refractivity contribution in [1.82, 2.24) is 9.88 Å². The monoisotopic (exact) mass is 333 g/mol. The molecule has 0 aliphatic heterocycles. The Kier molecular flexibility index (Phi) is 5.82. The number of nitrogens with one attached hydrogen (secondary N) is 1. The summed E-state index contributed by atoms with van der Waals surface area (Å²) < 4.78 is 5.60. The van der Waals surface area contributed by atoms with Crippen LogP contribution in [0.5, 0.6) is 5.88 Å². The maximum Gasteiger partial charge on any atom is 0.322 e. The molecule has 23 heavy (non-hydrogen) atoms. The summed E-state index contributed by atoms with van der Waals surface area (Å²) in [6.45, 7) is 4.30. The van der Waals surface area contributed by atoms with E-state index >= 15 is 0 Å². The quantitative estimate of drug-likeness (QED) is 0.892. The van der Waals surface area contributed by atoms with Crippen molar-refractivity contribution in [3.8, 4) is 5.88 Å². The summed E-state index contributed by atoms with van der Waals surface area (Å²) in [6, 6.07) is 10.7. The van der Waals surface area contributed by atoms with Gasteiger partial charge in [-0.05, 0) is 43.7 Å². The van der Waals surface area contributed by atoms with E-state index in [9.17, 15) is 4.79 Å². The second-order valence-electron chi connectivity index (χ2n) is 5.44. The molecule has 6 heteroatoms. The summed E-state index contributed by atoms with van der Waals surface area (Å²) >= 11 is 5.86. The highest BCUT2D eigenvalue weighted by atomic mass is 35.5. The standard InChI is InChI=1S/C17H20ClN3O2/c1-12(2)23-16-15(5-4-10-19-16)20-17(22)21(3)11-13-6-8-14(18)9-7-13/h4-10,12H,11H2,1-3H3,(H,20,22). The number of hydrogen-bond donors (Lipinski definition) is 1. The van der Waals surface area contributed by atoms with E-state index in [-0.39, 0.29) is 12.1 Å². The first-order chi connectivity index (χ1) is 11.0.